The number of para-hydroxylation sites is 1. The van der Waals surface area contributed by atoms with Crippen molar-refractivity contribution in [2.24, 2.45) is 5.92 Å². The second-order valence-electron chi connectivity index (χ2n) is 6.95. The minimum atomic E-state index is -3.66. The van der Waals surface area contributed by atoms with Gasteiger partial charge in [-0.3, -0.25) is 4.79 Å². The molecule has 2 aromatic carbocycles. The van der Waals surface area contributed by atoms with Crippen LogP contribution < -0.4 is 14.8 Å². The summed E-state index contributed by atoms with van der Waals surface area (Å²) in [6.45, 7) is 1.14. The molecule has 1 aliphatic heterocycles. The normalized spacial score (nSPS) is 17.3. The van der Waals surface area contributed by atoms with E-state index in [0.717, 1.165) is 0 Å². The first-order chi connectivity index (χ1) is 14.4. The van der Waals surface area contributed by atoms with Gasteiger partial charge in [0, 0.05) is 13.1 Å². The monoisotopic (exact) mass is 452 g/mol. The first-order valence-corrected chi connectivity index (χ1v) is 11.5. The van der Waals surface area contributed by atoms with Crippen LogP contribution in [0.4, 0.5) is 0 Å². The van der Waals surface area contributed by atoms with Crippen LogP contribution in [0.5, 0.6) is 11.5 Å². The molecule has 0 aromatic heterocycles. The number of amides is 1. The molecule has 2 aromatic rings. The minimum Gasteiger partial charge on any atom is -0.497 e. The minimum absolute atomic E-state index is 0.158. The van der Waals surface area contributed by atoms with Crippen LogP contribution in [0.25, 0.3) is 0 Å². The van der Waals surface area contributed by atoms with Gasteiger partial charge in [0.05, 0.1) is 29.5 Å². The quantitative estimate of drug-likeness (QED) is 0.622. The number of carbonyl (C=O) groups is 1. The van der Waals surface area contributed by atoms with E-state index < -0.39 is 15.9 Å². The van der Waals surface area contributed by atoms with Gasteiger partial charge in [0.25, 0.3) is 0 Å². The molecule has 0 bridgehead atoms. The summed E-state index contributed by atoms with van der Waals surface area (Å²) in [5.41, 5.74) is 0. The summed E-state index contributed by atoms with van der Waals surface area (Å²) in [5, 5.41) is 3.33. The van der Waals surface area contributed by atoms with E-state index in [4.69, 9.17) is 21.1 Å². The topological polar surface area (TPSA) is 84.9 Å². The van der Waals surface area contributed by atoms with Crippen molar-refractivity contribution in [2.45, 2.75) is 17.7 Å². The fourth-order valence-electron chi connectivity index (χ4n) is 3.31. The lowest BCUT2D eigenvalue weighted by atomic mass is 9.99. The Morgan fingerprint density at radius 3 is 2.63 bits per heavy atom. The molecule has 0 spiro atoms. The maximum Gasteiger partial charge on any atom is 0.243 e. The van der Waals surface area contributed by atoms with Gasteiger partial charge in [-0.05, 0) is 49.2 Å². The van der Waals surface area contributed by atoms with Gasteiger partial charge in [-0.1, -0.05) is 23.7 Å². The molecule has 0 aliphatic carbocycles. The zero-order valence-corrected chi connectivity index (χ0v) is 18.3. The van der Waals surface area contributed by atoms with Crippen molar-refractivity contribution < 1.29 is 22.7 Å². The lowest BCUT2D eigenvalue weighted by molar-refractivity contribution is -0.126. The van der Waals surface area contributed by atoms with E-state index in [1.165, 1.54) is 23.5 Å². The van der Waals surface area contributed by atoms with Gasteiger partial charge in [-0.15, -0.1) is 0 Å². The highest BCUT2D eigenvalue weighted by molar-refractivity contribution is 7.89. The van der Waals surface area contributed by atoms with Gasteiger partial charge in [-0.25, -0.2) is 8.42 Å². The maximum absolute atomic E-state index is 12.9. The van der Waals surface area contributed by atoms with Gasteiger partial charge >= 0.3 is 0 Å². The summed E-state index contributed by atoms with van der Waals surface area (Å²) in [7, 11) is -2.14. The highest BCUT2D eigenvalue weighted by Crippen LogP contribution is 2.25. The fourth-order valence-corrected chi connectivity index (χ4v) is 5.03. The second-order valence-corrected chi connectivity index (χ2v) is 9.29. The molecular formula is C21H25ClN2O5S. The number of sulfonamides is 1. The smallest absolute Gasteiger partial charge is 0.243 e. The number of nitrogens with one attached hydrogen (secondary N) is 1. The first-order valence-electron chi connectivity index (χ1n) is 9.71. The Bertz CT molecular complexity index is 966. The predicted molar refractivity (Wildman–Crippen MR) is 114 cm³/mol. The number of hydrogen-bond acceptors (Lipinski definition) is 5. The zero-order valence-electron chi connectivity index (χ0n) is 16.7. The van der Waals surface area contributed by atoms with Gasteiger partial charge in [-0.2, -0.15) is 4.31 Å². The lowest BCUT2D eigenvalue weighted by Crippen LogP contribution is -2.45. The molecule has 1 heterocycles. The van der Waals surface area contributed by atoms with Crippen LogP contribution in [0.3, 0.4) is 0 Å². The largest absolute Gasteiger partial charge is 0.497 e. The second kappa shape index (κ2) is 10.1. The van der Waals surface area contributed by atoms with Crippen molar-refractivity contribution in [2.75, 3.05) is 33.4 Å². The van der Waals surface area contributed by atoms with Crippen molar-refractivity contribution in [1.29, 1.82) is 0 Å². The van der Waals surface area contributed by atoms with Gasteiger partial charge in [0.2, 0.25) is 15.9 Å². The highest BCUT2D eigenvalue weighted by atomic mass is 35.5. The zero-order chi connectivity index (χ0) is 21.6. The molecule has 1 amide bonds. The van der Waals surface area contributed by atoms with E-state index in [9.17, 15) is 13.2 Å². The van der Waals surface area contributed by atoms with E-state index >= 15 is 0 Å². The number of hydrogen-bond donors (Lipinski definition) is 1. The third-order valence-electron chi connectivity index (χ3n) is 4.95. The van der Waals surface area contributed by atoms with Crippen LogP contribution >= 0.6 is 11.6 Å². The molecule has 1 atom stereocenters. The summed E-state index contributed by atoms with van der Waals surface area (Å²) in [6, 6.07) is 13.4. The molecule has 1 N–H and O–H groups in total. The number of methoxy groups -OCH3 is 1. The van der Waals surface area contributed by atoms with Gasteiger partial charge < -0.3 is 14.8 Å². The first kappa shape index (κ1) is 22.4. The Labute approximate surface area is 182 Å². The standard InChI is InChI=1S/C21H25ClN2O5S/c1-28-17-8-10-18(11-9-17)30(26,27)24-13-4-5-16(15-24)21(25)23-12-14-29-20-7-3-2-6-19(20)22/h2-3,6-11,16H,4-5,12-15H2,1H3,(H,23,25)/t16-/m1/s1. The SMILES string of the molecule is COc1ccc(S(=O)(=O)N2CCC[C@@H](C(=O)NCCOc3ccccc3Cl)C2)cc1. The summed E-state index contributed by atoms with van der Waals surface area (Å²) >= 11 is 6.03. The number of nitrogens with zero attached hydrogens (tertiary/aromatic N) is 1. The van der Waals surface area contributed by atoms with Crippen LogP contribution in [0, 0.1) is 5.92 Å². The molecule has 30 heavy (non-hydrogen) atoms. The van der Waals surface area contributed by atoms with Crippen LogP contribution in [0.1, 0.15) is 12.8 Å². The van der Waals surface area contributed by atoms with Crippen molar-refractivity contribution in [3.05, 3.63) is 53.6 Å². The van der Waals surface area contributed by atoms with Crippen LogP contribution in [-0.2, 0) is 14.8 Å². The highest BCUT2D eigenvalue weighted by Gasteiger charge is 2.33. The molecule has 1 fully saturated rings. The molecule has 7 nitrogen and oxygen atoms in total. The predicted octanol–water partition coefficient (Wildman–Crippen LogP) is 2.94. The van der Waals surface area contributed by atoms with Crippen LogP contribution in [0.15, 0.2) is 53.4 Å². The Morgan fingerprint density at radius 1 is 1.20 bits per heavy atom. The molecule has 3 rings (SSSR count). The number of piperidine rings is 1. The van der Waals surface area contributed by atoms with E-state index in [-0.39, 0.29) is 24.0 Å². The number of ether oxygens (including phenoxy) is 2. The van der Waals surface area contributed by atoms with Crippen LogP contribution in [0.2, 0.25) is 5.02 Å². The molecule has 162 valence electrons. The van der Waals surface area contributed by atoms with E-state index in [2.05, 4.69) is 5.32 Å². The molecule has 9 heteroatoms. The van der Waals surface area contributed by atoms with E-state index in [1.54, 1.807) is 24.3 Å². The van der Waals surface area contributed by atoms with E-state index in [1.807, 2.05) is 12.1 Å². The van der Waals surface area contributed by atoms with Gasteiger partial charge in [0.15, 0.2) is 0 Å². The molecule has 0 radical (unpaired) electrons. The third-order valence-corrected chi connectivity index (χ3v) is 7.14. The summed E-state index contributed by atoms with van der Waals surface area (Å²) in [4.78, 5) is 12.7. The average Bonchev–Trinajstić information content (AvgIpc) is 2.77. The Morgan fingerprint density at radius 2 is 1.93 bits per heavy atom. The summed E-state index contributed by atoms with van der Waals surface area (Å²) in [6.07, 6.45) is 1.27. The number of benzene rings is 2. The van der Waals surface area contributed by atoms with Crippen LogP contribution in [-0.4, -0.2) is 52.0 Å². The van der Waals surface area contributed by atoms with E-state index in [0.29, 0.717) is 42.5 Å². The molecule has 1 aliphatic rings. The number of halogens is 1. The molecular weight excluding hydrogens is 428 g/mol. The Hall–Kier alpha value is -2.29. The summed E-state index contributed by atoms with van der Waals surface area (Å²) in [5.74, 6) is 0.575. The maximum atomic E-state index is 12.9. The van der Waals surface area contributed by atoms with Gasteiger partial charge in [0.1, 0.15) is 18.1 Å². The average molecular weight is 453 g/mol. The molecule has 0 saturated carbocycles. The number of carbonyl (C=O) groups excluding carboxylic acids is 1. The van der Waals surface area contributed by atoms with Crippen molar-refractivity contribution in [1.82, 2.24) is 9.62 Å². The van der Waals surface area contributed by atoms with Crippen molar-refractivity contribution in [3.63, 3.8) is 0 Å². The van der Waals surface area contributed by atoms with Crippen molar-refractivity contribution in [3.8, 4) is 11.5 Å². The number of rotatable bonds is 8. The molecule has 0 unspecified atom stereocenters. The summed E-state index contributed by atoms with van der Waals surface area (Å²) < 4.78 is 37.9. The third kappa shape index (κ3) is 5.44. The Kier molecular flexibility index (Phi) is 7.58. The fraction of sp³-hybridized carbons (Fsp3) is 0.381. The molecule has 1 saturated heterocycles. The lowest BCUT2D eigenvalue weighted by Gasteiger charge is -2.31. The van der Waals surface area contributed by atoms with Crippen molar-refractivity contribution >= 4 is 27.5 Å². The Balaban J connectivity index is 1.53.